The van der Waals surface area contributed by atoms with Crippen molar-refractivity contribution in [3.63, 3.8) is 0 Å². The molecule has 0 bridgehead atoms. The van der Waals surface area contributed by atoms with Crippen LogP contribution >= 0.6 is 11.8 Å². The first-order chi connectivity index (χ1) is 14.8. The Balaban J connectivity index is 1.67. The first kappa shape index (κ1) is 21.0. The molecule has 31 heavy (non-hydrogen) atoms. The second kappa shape index (κ2) is 8.14. The molecular weight excluding hydrogens is 414 g/mol. The van der Waals surface area contributed by atoms with Gasteiger partial charge in [0.05, 0.1) is 15.4 Å². The quantitative estimate of drug-likeness (QED) is 0.331. The number of fused-ring (bicyclic) bond motifs is 1. The van der Waals surface area contributed by atoms with Crippen LogP contribution in [0.25, 0.3) is 0 Å². The number of carbonyl (C=O) groups excluding carboxylic acids is 1. The number of thioether (sulfide) groups is 1. The third-order valence-corrected chi connectivity index (χ3v) is 6.31. The number of hydrogen-bond donors (Lipinski definition) is 1. The zero-order chi connectivity index (χ0) is 22.2. The highest BCUT2D eigenvalue weighted by atomic mass is 32.2. The van der Waals surface area contributed by atoms with Gasteiger partial charge in [-0.15, -0.1) is 0 Å². The maximum Gasteiger partial charge on any atom is 0.300 e. The lowest BCUT2D eigenvalue weighted by Crippen LogP contribution is -2.38. The van der Waals surface area contributed by atoms with Gasteiger partial charge in [-0.25, -0.2) is 5.43 Å². The molecule has 0 atom stereocenters. The van der Waals surface area contributed by atoms with Crippen LogP contribution in [-0.2, 0) is 6.42 Å². The molecule has 2 aromatic rings. The molecule has 0 spiro atoms. The smallest absolute Gasteiger partial charge is 0.300 e. The van der Waals surface area contributed by atoms with E-state index in [1.54, 1.807) is 12.1 Å². The Morgan fingerprint density at radius 1 is 1.29 bits per heavy atom. The topological polar surface area (TPSA) is 100 Å². The molecule has 160 valence electrons. The molecule has 8 nitrogen and oxygen atoms in total. The van der Waals surface area contributed by atoms with Gasteiger partial charge in [0.15, 0.2) is 0 Å². The third-order valence-electron chi connectivity index (χ3n) is 5.33. The van der Waals surface area contributed by atoms with Crippen LogP contribution < -0.4 is 10.3 Å². The molecule has 4 rings (SSSR count). The average molecular weight is 438 g/mol. The highest BCUT2D eigenvalue weighted by Crippen LogP contribution is 2.36. The van der Waals surface area contributed by atoms with Gasteiger partial charge in [0, 0.05) is 36.5 Å². The summed E-state index contributed by atoms with van der Waals surface area (Å²) in [4.78, 5) is 29.1. The summed E-state index contributed by atoms with van der Waals surface area (Å²) in [5.41, 5.74) is 7.56. The van der Waals surface area contributed by atoms with E-state index in [-0.39, 0.29) is 10.9 Å². The summed E-state index contributed by atoms with van der Waals surface area (Å²) in [6.45, 7) is 7.35. The number of nitro groups is 1. The summed E-state index contributed by atoms with van der Waals surface area (Å²) in [5, 5.41) is 15.2. The van der Waals surface area contributed by atoms with Crippen molar-refractivity contribution >= 4 is 39.9 Å². The number of aliphatic imine (C=N–C) groups is 1. The first-order valence-electron chi connectivity index (χ1n) is 10.1. The van der Waals surface area contributed by atoms with Gasteiger partial charge >= 0.3 is 0 Å². The lowest BCUT2D eigenvalue weighted by atomic mass is 9.96. The minimum Gasteiger partial charge on any atom is -0.326 e. The Bertz CT molecular complexity index is 1110. The van der Waals surface area contributed by atoms with Crippen molar-refractivity contribution in [2.75, 3.05) is 18.0 Å². The third kappa shape index (κ3) is 4.05. The normalized spacial score (nSPS) is 17.8. The Hall–Kier alpha value is -3.20. The number of carbonyl (C=O) groups is 1. The number of amidine groups is 1. The van der Waals surface area contributed by atoms with Gasteiger partial charge in [-0.3, -0.25) is 19.9 Å². The first-order valence-corrected chi connectivity index (χ1v) is 10.9. The number of nitrogens with zero attached hydrogens (tertiary/aromatic N) is 4. The zero-order valence-corrected chi connectivity index (χ0v) is 18.4. The Morgan fingerprint density at radius 3 is 2.68 bits per heavy atom. The van der Waals surface area contributed by atoms with Crippen molar-refractivity contribution in [1.29, 1.82) is 0 Å². The second-order valence-corrected chi connectivity index (χ2v) is 9.41. The number of nitro benzene ring substituents is 1. The van der Waals surface area contributed by atoms with Crippen molar-refractivity contribution in [3.8, 4) is 0 Å². The molecule has 2 aromatic carbocycles. The van der Waals surface area contributed by atoms with E-state index in [1.165, 1.54) is 29.5 Å². The minimum absolute atomic E-state index is 0.0619. The lowest BCUT2D eigenvalue weighted by molar-refractivity contribution is -0.384. The van der Waals surface area contributed by atoms with Gasteiger partial charge in [-0.1, -0.05) is 17.8 Å². The molecule has 1 amide bonds. The van der Waals surface area contributed by atoms with E-state index in [9.17, 15) is 14.9 Å². The van der Waals surface area contributed by atoms with Crippen LogP contribution in [0.3, 0.4) is 0 Å². The van der Waals surface area contributed by atoms with Gasteiger partial charge in [-0.2, -0.15) is 5.10 Å². The molecule has 9 heteroatoms. The standard InChI is InChI=1S/C22H23N5O3S/c1-4-23-20(14-5-8-17(9-6-14)27(29)30)26-12-11-15-13-16(7-10-18(15)26)19-22(2,3)31-21(28)25-24-19/h5-10,13H,4,11-12H2,1-3H3,(H,25,28)/b23-20-. The Kier molecular flexibility index (Phi) is 5.53. The van der Waals surface area contributed by atoms with Crippen molar-refractivity contribution in [1.82, 2.24) is 5.43 Å². The number of nitrogens with one attached hydrogen (secondary N) is 1. The number of hydrogen-bond acceptors (Lipinski definition) is 6. The molecule has 0 aliphatic carbocycles. The Labute approximate surface area is 184 Å². The van der Waals surface area contributed by atoms with Crippen LogP contribution in [0.4, 0.5) is 16.2 Å². The number of non-ortho nitro benzene ring substituents is 1. The fourth-order valence-electron chi connectivity index (χ4n) is 3.93. The number of amides is 1. The van der Waals surface area contributed by atoms with Gasteiger partial charge in [0.1, 0.15) is 5.84 Å². The number of benzene rings is 2. The summed E-state index contributed by atoms with van der Waals surface area (Å²) in [5.74, 6) is 0.807. The summed E-state index contributed by atoms with van der Waals surface area (Å²) >= 11 is 1.23. The molecular formula is C22H23N5O3S. The van der Waals surface area contributed by atoms with E-state index in [2.05, 4.69) is 27.6 Å². The van der Waals surface area contributed by atoms with E-state index >= 15 is 0 Å². The largest absolute Gasteiger partial charge is 0.326 e. The van der Waals surface area contributed by atoms with Crippen LogP contribution in [0.2, 0.25) is 0 Å². The van der Waals surface area contributed by atoms with E-state index in [0.717, 1.165) is 41.3 Å². The van der Waals surface area contributed by atoms with Crippen molar-refractivity contribution < 1.29 is 9.72 Å². The highest BCUT2D eigenvalue weighted by Gasteiger charge is 2.35. The zero-order valence-electron chi connectivity index (χ0n) is 17.6. The Morgan fingerprint density at radius 2 is 2.03 bits per heavy atom. The van der Waals surface area contributed by atoms with E-state index in [0.29, 0.717) is 6.54 Å². The molecule has 2 heterocycles. The van der Waals surface area contributed by atoms with Crippen molar-refractivity contribution in [2.45, 2.75) is 31.9 Å². The summed E-state index contributed by atoms with van der Waals surface area (Å²) in [6.07, 6.45) is 0.853. The molecule has 1 N–H and O–H groups in total. The van der Waals surface area contributed by atoms with E-state index in [4.69, 9.17) is 4.99 Å². The predicted molar refractivity (Wildman–Crippen MR) is 124 cm³/mol. The maximum atomic E-state index is 11.7. The molecule has 0 aromatic heterocycles. The maximum absolute atomic E-state index is 11.7. The van der Waals surface area contributed by atoms with Crippen LogP contribution in [-0.4, -0.2) is 39.5 Å². The molecule has 0 fully saturated rings. The molecule has 0 radical (unpaired) electrons. The number of rotatable bonds is 4. The number of hydrazone groups is 1. The van der Waals surface area contributed by atoms with Crippen LogP contribution in [0, 0.1) is 10.1 Å². The molecule has 0 saturated heterocycles. The van der Waals surface area contributed by atoms with E-state index < -0.39 is 9.67 Å². The van der Waals surface area contributed by atoms with Gasteiger partial charge in [0.25, 0.3) is 10.9 Å². The molecule has 0 unspecified atom stereocenters. The van der Waals surface area contributed by atoms with Gasteiger partial charge in [0.2, 0.25) is 0 Å². The van der Waals surface area contributed by atoms with Gasteiger partial charge in [-0.05, 0) is 62.6 Å². The minimum atomic E-state index is -0.414. The van der Waals surface area contributed by atoms with Crippen LogP contribution in [0.1, 0.15) is 37.5 Å². The molecule has 2 aliphatic heterocycles. The van der Waals surface area contributed by atoms with Crippen molar-refractivity contribution in [2.24, 2.45) is 10.1 Å². The summed E-state index contributed by atoms with van der Waals surface area (Å²) < 4.78 is -0.414. The SMILES string of the molecule is CC/N=C(/c1ccc([N+](=O)[O-])cc1)N1CCc2cc(C3=NNC(=O)SC3(C)C)ccc21. The monoisotopic (exact) mass is 437 g/mol. The predicted octanol–water partition coefficient (Wildman–Crippen LogP) is 4.36. The molecule has 0 saturated carbocycles. The highest BCUT2D eigenvalue weighted by molar-refractivity contribution is 8.15. The number of anilines is 1. The van der Waals surface area contributed by atoms with Gasteiger partial charge < -0.3 is 4.90 Å². The fourth-order valence-corrected chi connectivity index (χ4v) is 4.75. The lowest BCUT2D eigenvalue weighted by Gasteiger charge is -2.29. The van der Waals surface area contributed by atoms with E-state index in [1.807, 2.05) is 26.8 Å². The summed E-state index contributed by atoms with van der Waals surface area (Å²) in [6, 6.07) is 12.7. The summed E-state index contributed by atoms with van der Waals surface area (Å²) in [7, 11) is 0. The average Bonchev–Trinajstić information content (AvgIpc) is 3.14. The fraction of sp³-hybridized carbons (Fsp3) is 0.318. The second-order valence-electron chi connectivity index (χ2n) is 7.82. The van der Waals surface area contributed by atoms with Crippen LogP contribution in [0.15, 0.2) is 52.6 Å². The molecule has 2 aliphatic rings. The van der Waals surface area contributed by atoms with Crippen LogP contribution in [0.5, 0.6) is 0 Å². The van der Waals surface area contributed by atoms with Crippen molar-refractivity contribution in [3.05, 3.63) is 69.3 Å².